The van der Waals surface area contributed by atoms with Crippen molar-refractivity contribution in [2.75, 3.05) is 20.3 Å². The summed E-state index contributed by atoms with van der Waals surface area (Å²) in [6.45, 7) is 15.3. The molecule has 3 atom stereocenters. The van der Waals surface area contributed by atoms with Gasteiger partial charge in [0, 0.05) is 31.7 Å². The van der Waals surface area contributed by atoms with Crippen molar-refractivity contribution < 1.29 is 9.47 Å². The number of nitrogens with zero attached hydrogens (tertiary/aromatic N) is 2. The van der Waals surface area contributed by atoms with Gasteiger partial charge in [0.1, 0.15) is 0 Å². The smallest absolute Gasteiger partial charge is 0.0714 e. The lowest BCUT2D eigenvalue weighted by Gasteiger charge is -2.48. The van der Waals surface area contributed by atoms with E-state index in [4.69, 9.17) is 14.6 Å². The van der Waals surface area contributed by atoms with Crippen LogP contribution in [0.15, 0.2) is 5.10 Å². The zero-order valence-corrected chi connectivity index (χ0v) is 16.9. The van der Waals surface area contributed by atoms with E-state index in [2.05, 4.69) is 46.6 Å². The topological polar surface area (TPSA) is 34.1 Å². The fraction of sp³-hybridized carbons (Fsp3) is 0.950. The van der Waals surface area contributed by atoms with Gasteiger partial charge in [0.05, 0.1) is 23.9 Å². The molecular weight excluding hydrogens is 300 g/mol. The summed E-state index contributed by atoms with van der Waals surface area (Å²) in [5, 5.41) is 7.48. The molecule has 0 aliphatic carbocycles. The number of hydrazone groups is 1. The van der Waals surface area contributed by atoms with Gasteiger partial charge in [0.25, 0.3) is 0 Å². The molecule has 0 bridgehead atoms. The van der Waals surface area contributed by atoms with Gasteiger partial charge in [0.15, 0.2) is 0 Å². The number of ether oxygens (including phenoxy) is 2. The standard InChI is InChI=1S/C20H38N2O2/c1-8-15(2)12-17-18(13-19(3,4)24-20(17,5)6)21-22-11-9-10-16(22)14-23-7/h15-17H,8-14H2,1-7H3/b21-18-/t15-,16-,17?/m0/s1. The first-order valence-electron chi connectivity index (χ1n) is 9.71. The maximum Gasteiger partial charge on any atom is 0.0714 e. The van der Waals surface area contributed by atoms with E-state index in [0.717, 1.165) is 26.0 Å². The summed E-state index contributed by atoms with van der Waals surface area (Å²) in [6, 6.07) is 0.431. The molecule has 0 aromatic heterocycles. The average molecular weight is 339 g/mol. The van der Waals surface area contributed by atoms with Gasteiger partial charge in [-0.1, -0.05) is 20.3 Å². The van der Waals surface area contributed by atoms with E-state index < -0.39 is 0 Å². The fourth-order valence-electron chi connectivity index (χ4n) is 4.35. The Balaban J connectivity index is 2.28. The van der Waals surface area contributed by atoms with Crippen molar-refractivity contribution in [3.8, 4) is 0 Å². The molecule has 0 radical (unpaired) electrons. The normalized spacial score (nSPS) is 32.3. The second-order valence-corrected chi connectivity index (χ2v) is 8.95. The predicted octanol–water partition coefficient (Wildman–Crippen LogP) is 4.48. The van der Waals surface area contributed by atoms with Gasteiger partial charge < -0.3 is 9.47 Å². The van der Waals surface area contributed by atoms with Crippen LogP contribution in [0.1, 0.15) is 73.6 Å². The molecule has 24 heavy (non-hydrogen) atoms. The molecule has 1 unspecified atom stereocenters. The first kappa shape index (κ1) is 19.7. The summed E-state index contributed by atoms with van der Waals surface area (Å²) in [5.74, 6) is 1.09. The van der Waals surface area contributed by atoms with Crippen LogP contribution in [-0.2, 0) is 9.47 Å². The Morgan fingerprint density at radius 2 is 2.04 bits per heavy atom. The molecular formula is C20H38N2O2. The van der Waals surface area contributed by atoms with Crippen LogP contribution in [0.4, 0.5) is 0 Å². The summed E-state index contributed by atoms with van der Waals surface area (Å²) >= 11 is 0. The van der Waals surface area contributed by atoms with Gasteiger partial charge in [-0.15, -0.1) is 0 Å². The molecule has 0 saturated carbocycles. The number of hydrogen-bond acceptors (Lipinski definition) is 4. The van der Waals surface area contributed by atoms with Crippen LogP contribution in [-0.4, -0.2) is 48.2 Å². The number of hydrogen-bond donors (Lipinski definition) is 0. The molecule has 2 fully saturated rings. The molecule has 2 aliphatic heterocycles. The van der Waals surface area contributed by atoms with Crippen molar-refractivity contribution in [2.45, 2.75) is 90.9 Å². The van der Waals surface area contributed by atoms with Crippen LogP contribution in [0.25, 0.3) is 0 Å². The third kappa shape index (κ3) is 4.72. The summed E-state index contributed by atoms with van der Waals surface area (Å²) in [6.07, 6.45) is 5.68. The van der Waals surface area contributed by atoms with E-state index in [0.29, 0.717) is 17.9 Å². The van der Waals surface area contributed by atoms with Crippen molar-refractivity contribution in [2.24, 2.45) is 16.9 Å². The average Bonchev–Trinajstić information content (AvgIpc) is 2.88. The summed E-state index contributed by atoms with van der Waals surface area (Å²) < 4.78 is 11.9. The highest BCUT2D eigenvalue weighted by atomic mass is 16.5. The van der Waals surface area contributed by atoms with E-state index in [9.17, 15) is 0 Å². The van der Waals surface area contributed by atoms with Gasteiger partial charge >= 0.3 is 0 Å². The minimum Gasteiger partial charge on any atom is -0.382 e. The Hall–Kier alpha value is -0.610. The first-order chi connectivity index (χ1) is 11.2. The zero-order valence-electron chi connectivity index (χ0n) is 16.9. The van der Waals surface area contributed by atoms with Crippen molar-refractivity contribution in [1.29, 1.82) is 0 Å². The molecule has 0 N–H and O–H groups in total. The van der Waals surface area contributed by atoms with Crippen LogP contribution >= 0.6 is 0 Å². The Morgan fingerprint density at radius 3 is 2.67 bits per heavy atom. The minimum atomic E-state index is -0.166. The summed E-state index contributed by atoms with van der Waals surface area (Å²) in [7, 11) is 1.79. The summed E-state index contributed by atoms with van der Waals surface area (Å²) in [4.78, 5) is 0. The molecule has 0 amide bonds. The van der Waals surface area contributed by atoms with Crippen molar-refractivity contribution in [1.82, 2.24) is 5.01 Å². The highest BCUT2D eigenvalue weighted by Crippen LogP contribution is 2.41. The Bertz CT molecular complexity index is 445. The predicted molar refractivity (Wildman–Crippen MR) is 100 cm³/mol. The first-order valence-corrected chi connectivity index (χ1v) is 9.71. The fourth-order valence-corrected chi connectivity index (χ4v) is 4.35. The SMILES string of the molecule is CC[C@H](C)CC1/C(=N\N2CCC[C@H]2COC)CC(C)(C)OC1(C)C. The monoisotopic (exact) mass is 338 g/mol. The molecule has 2 rings (SSSR count). The maximum atomic E-state index is 6.46. The van der Waals surface area contributed by atoms with Crippen molar-refractivity contribution in [3.05, 3.63) is 0 Å². The van der Waals surface area contributed by atoms with Gasteiger partial charge in [-0.25, -0.2) is 0 Å². The van der Waals surface area contributed by atoms with E-state index in [1.807, 2.05) is 0 Å². The molecule has 2 heterocycles. The van der Waals surface area contributed by atoms with Crippen LogP contribution in [0.5, 0.6) is 0 Å². The van der Waals surface area contributed by atoms with Crippen LogP contribution in [0.2, 0.25) is 0 Å². The highest BCUT2D eigenvalue weighted by molar-refractivity contribution is 5.89. The highest BCUT2D eigenvalue weighted by Gasteiger charge is 2.46. The quantitative estimate of drug-likeness (QED) is 0.716. The van der Waals surface area contributed by atoms with Gasteiger partial charge in [-0.3, -0.25) is 5.01 Å². The van der Waals surface area contributed by atoms with Crippen LogP contribution in [0, 0.1) is 11.8 Å². The van der Waals surface area contributed by atoms with Crippen molar-refractivity contribution in [3.63, 3.8) is 0 Å². The van der Waals surface area contributed by atoms with E-state index in [1.165, 1.54) is 25.0 Å². The van der Waals surface area contributed by atoms with Gasteiger partial charge in [0.2, 0.25) is 0 Å². The third-order valence-electron chi connectivity index (χ3n) is 5.68. The van der Waals surface area contributed by atoms with Gasteiger partial charge in [-0.05, 0) is 52.9 Å². The Labute approximate surface area is 149 Å². The van der Waals surface area contributed by atoms with Crippen molar-refractivity contribution >= 4 is 5.71 Å². The van der Waals surface area contributed by atoms with E-state index in [-0.39, 0.29) is 11.2 Å². The molecule has 4 nitrogen and oxygen atoms in total. The second kappa shape index (κ2) is 7.74. The van der Waals surface area contributed by atoms with E-state index in [1.54, 1.807) is 7.11 Å². The minimum absolute atomic E-state index is 0.148. The lowest BCUT2D eigenvalue weighted by Crippen LogP contribution is -2.53. The van der Waals surface area contributed by atoms with Crippen LogP contribution < -0.4 is 0 Å². The summed E-state index contributed by atoms with van der Waals surface area (Å²) in [5.41, 5.74) is 1.02. The molecule has 140 valence electrons. The molecule has 4 heteroatoms. The zero-order chi connectivity index (χ0) is 18.0. The lowest BCUT2D eigenvalue weighted by molar-refractivity contribution is -0.152. The molecule has 0 spiro atoms. The molecule has 0 aromatic carbocycles. The maximum absolute atomic E-state index is 6.46. The van der Waals surface area contributed by atoms with Crippen LogP contribution in [0.3, 0.4) is 0 Å². The molecule has 2 aliphatic rings. The largest absolute Gasteiger partial charge is 0.382 e. The second-order valence-electron chi connectivity index (χ2n) is 8.95. The third-order valence-corrected chi connectivity index (χ3v) is 5.68. The number of methoxy groups -OCH3 is 1. The van der Waals surface area contributed by atoms with Gasteiger partial charge in [-0.2, -0.15) is 5.10 Å². The van der Waals surface area contributed by atoms with E-state index >= 15 is 0 Å². The molecule has 2 saturated heterocycles. The Morgan fingerprint density at radius 1 is 1.33 bits per heavy atom. The number of rotatable bonds is 6. The Kier molecular flexibility index (Phi) is 6.35. The molecule has 0 aromatic rings. The lowest BCUT2D eigenvalue weighted by atomic mass is 9.73.